The molecule has 6 heteroatoms. The van der Waals surface area contributed by atoms with Gasteiger partial charge in [-0.1, -0.05) is 13.8 Å². The van der Waals surface area contributed by atoms with E-state index in [-0.39, 0.29) is 29.8 Å². The van der Waals surface area contributed by atoms with E-state index in [1.807, 2.05) is 20.8 Å². The lowest BCUT2D eigenvalue weighted by Gasteiger charge is -2.58. The molecule has 20 heavy (non-hydrogen) atoms. The van der Waals surface area contributed by atoms with Crippen molar-refractivity contribution in [2.24, 2.45) is 11.1 Å². The summed E-state index contributed by atoms with van der Waals surface area (Å²) < 4.78 is 10.6. The summed E-state index contributed by atoms with van der Waals surface area (Å²) in [6.45, 7) is 7.96. The van der Waals surface area contributed by atoms with Gasteiger partial charge in [0.05, 0.1) is 6.10 Å². The maximum absolute atomic E-state index is 12.5. The van der Waals surface area contributed by atoms with E-state index in [9.17, 15) is 4.79 Å². The summed E-state index contributed by atoms with van der Waals surface area (Å²) >= 11 is 0. The van der Waals surface area contributed by atoms with Crippen molar-refractivity contribution >= 4 is 18.3 Å². The second kappa shape index (κ2) is 7.59. The molecule has 1 amide bonds. The van der Waals surface area contributed by atoms with E-state index >= 15 is 0 Å². The molecule has 120 valence electrons. The number of rotatable bonds is 7. The number of nitrogens with zero attached hydrogens (tertiary/aromatic N) is 1. The standard InChI is InChI=1S/C14H28N2O3.ClH/c1-6-19-11-10-14(15,13(11,2)3)12(17)16(4)8-7-9-18-5;/h11H,6-10,15H2,1-5H3;1H. The first-order chi connectivity index (χ1) is 8.81. The fourth-order valence-corrected chi connectivity index (χ4v) is 2.69. The number of carbonyl (C=O) groups is 1. The van der Waals surface area contributed by atoms with E-state index in [0.717, 1.165) is 6.42 Å². The highest BCUT2D eigenvalue weighted by atomic mass is 35.5. The number of carbonyl (C=O) groups excluding carboxylic acids is 1. The average Bonchev–Trinajstić information content (AvgIpc) is 2.37. The van der Waals surface area contributed by atoms with Crippen molar-refractivity contribution in [3.05, 3.63) is 0 Å². The minimum absolute atomic E-state index is 0. The number of methoxy groups -OCH3 is 1. The maximum atomic E-state index is 12.5. The Bertz CT molecular complexity index is 326. The van der Waals surface area contributed by atoms with Crippen molar-refractivity contribution in [2.45, 2.75) is 45.3 Å². The normalized spacial score (nSPS) is 27.4. The second-order valence-corrected chi connectivity index (χ2v) is 5.91. The van der Waals surface area contributed by atoms with Crippen molar-refractivity contribution in [1.82, 2.24) is 4.90 Å². The van der Waals surface area contributed by atoms with Gasteiger partial charge in [0.2, 0.25) is 5.91 Å². The second-order valence-electron chi connectivity index (χ2n) is 5.91. The van der Waals surface area contributed by atoms with Gasteiger partial charge in [-0.15, -0.1) is 12.4 Å². The summed E-state index contributed by atoms with van der Waals surface area (Å²) in [5, 5.41) is 0. The van der Waals surface area contributed by atoms with Crippen LogP contribution in [0.5, 0.6) is 0 Å². The van der Waals surface area contributed by atoms with Crippen LogP contribution in [0.1, 0.15) is 33.6 Å². The lowest BCUT2D eigenvalue weighted by atomic mass is 9.54. The number of ether oxygens (including phenoxy) is 2. The van der Waals surface area contributed by atoms with Crippen LogP contribution < -0.4 is 5.73 Å². The third kappa shape index (κ3) is 3.45. The molecular formula is C14H29ClN2O3. The van der Waals surface area contributed by atoms with Crippen molar-refractivity contribution in [1.29, 1.82) is 0 Å². The number of amides is 1. The predicted molar refractivity (Wildman–Crippen MR) is 82.1 cm³/mol. The van der Waals surface area contributed by atoms with E-state index in [0.29, 0.717) is 26.2 Å². The summed E-state index contributed by atoms with van der Waals surface area (Å²) in [6, 6.07) is 0. The quantitative estimate of drug-likeness (QED) is 0.723. The Morgan fingerprint density at radius 1 is 1.45 bits per heavy atom. The molecule has 0 aliphatic heterocycles. The molecule has 2 atom stereocenters. The Kier molecular flexibility index (Phi) is 7.46. The van der Waals surface area contributed by atoms with Gasteiger partial charge in [-0.05, 0) is 13.3 Å². The van der Waals surface area contributed by atoms with E-state index in [1.165, 1.54) is 0 Å². The lowest BCUT2D eigenvalue weighted by Crippen LogP contribution is -2.75. The van der Waals surface area contributed by atoms with Crippen LogP contribution in [0.2, 0.25) is 0 Å². The van der Waals surface area contributed by atoms with Gasteiger partial charge >= 0.3 is 0 Å². The zero-order chi connectivity index (χ0) is 14.7. The molecule has 0 heterocycles. The smallest absolute Gasteiger partial charge is 0.243 e. The first-order valence-electron chi connectivity index (χ1n) is 6.96. The number of halogens is 1. The lowest BCUT2D eigenvalue weighted by molar-refractivity contribution is -0.178. The van der Waals surface area contributed by atoms with Crippen LogP contribution in [-0.4, -0.2) is 56.4 Å². The molecule has 5 nitrogen and oxygen atoms in total. The summed E-state index contributed by atoms with van der Waals surface area (Å²) in [5.74, 6) is 0.00422. The molecule has 2 N–H and O–H groups in total. The van der Waals surface area contributed by atoms with Crippen LogP contribution in [0.15, 0.2) is 0 Å². The van der Waals surface area contributed by atoms with Crippen molar-refractivity contribution in [3.8, 4) is 0 Å². The molecule has 0 bridgehead atoms. The summed E-state index contributed by atoms with van der Waals surface area (Å²) in [7, 11) is 3.46. The molecule has 0 aromatic rings. The largest absolute Gasteiger partial charge is 0.385 e. The molecule has 0 aromatic heterocycles. The monoisotopic (exact) mass is 308 g/mol. The van der Waals surface area contributed by atoms with Crippen molar-refractivity contribution in [2.75, 3.05) is 33.9 Å². The number of nitrogens with two attached hydrogens (primary N) is 1. The van der Waals surface area contributed by atoms with Gasteiger partial charge in [-0.25, -0.2) is 0 Å². The van der Waals surface area contributed by atoms with E-state index in [2.05, 4.69) is 0 Å². The molecule has 2 unspecified atom stereocenters. The van der Waals surface area contributed by atoms with Gasteiger partial charge in [-0.2, -0.15) is 0 Å². The van der Waals surface area contributed by atoms with E-state index in [1.54, 1.807) is 19.1 Å². The highest BCUT2D eigenvalue weighted by molar-refractivity contribution is 5.88. The van der Waals surface area contributed by atoms with Gasteiger partial charge < -0.3 is 20.1 Å². The van der Waals surface area contributed by atoms with Crippen molar-refractivity contribution in [3.63, 3.8) is 0 Å². The fraction of sp³-hybridized carbons (Fsp3) is 0.929. The average molecular weight is 309 g/mol. The topological polar surface area (TPSA) is 64.8 Å². The molecule has 1 rings (SSSR count). The van der Waals surface area contributed by atoms with Crippen molar-refractivity contribution < 1.29 is 14.3 Å². The molecular weight excluding hydrogens is 280 g/mol. The SMILES string of the molecule is CCOC1CC(N)(C(=O)N(C)CCCOC)C1(C)C.Cl. The third-order valence-corrected chi connectivity index (χ3v) is 4.40. The molecule has 0 radical (unpaired) electrons. The zero-order valence-electron chi connectivity index (χ0n) is 13.3. The highest BCUT2D eigenvalue weighted by Crippen LogP contribution is 2.50. The molecule has 1 saturated carbocycles. The van der Waals surface area contributed by atoms with Crippen LogP contribution >= 0.6 is 12.4 Å². The van der Waals surface area contributed by atoms with Crippen LogP contribution in [0, 0.1) is 5.41 Å². The summed E-state index contributed by atoms with van der Waals surface area (Å²) in [6.07, 6.45) is 1.49. The van der Waals surface area contributed by atoms with Gasteiger partial charge in [0.1, 0.15) is 5.54 Å². The van der Waals surface area contributed by atoms with Crippen LogP contribution in [0.3, 0.4) is 0 Å². The maximum Gasteiger partial charge on any atom is 0.243 e. The van der Waals surface area contributed by atoms with E-state index in [4.69, 9.17) is 15.2 Å². The van der Waals surface area contributed by atoms with Gasteiger partial charge in [0.25, 0.3) is 0 Å². The van der Waals surface area contributed by atoms with Crippen LogP contribution in [-0.2, 0) is 14.3 Å². The van der Waals surface area contributed by atoms with Gasteiger partial charge in [0, 0.05) is 45.8 Å². The van der Waals surface area contributed by atoms with Gasteiger partial charge in [0.15, 0.2) is 0 Å². The zero-order valence-corrected chi connectivity index (χ0v) is 14.1. The summed E-state index contributed by atoms with van der Waals surface area (Å²) in [5.41, 5.74) is 5.21. The summed E-state index contributed by atoms with van der Waals surface area (Å²) in [4.78, 5) is 14.2. The Labute approximate surface area is 128 Å². The first-order valence-corrected chi connectivity index (χ1v) is 6.96. The minimum atomic E-state index is -0.811. The number of likely N-dealkylation sites (N-methyl/N-ethyl adjacent to an activating group) is 1. The first kappa shape index (κ1) is 19.6. The molecule has 1 aliphatic carbocycles. The van der Waals surface area contributed by atoms with Crippen LogP contribution in [0.25, 0.3) is 0 Å². The Morgan fingerprint density at radius 3 is 2.50 bits per heavy atom. The number of hydrogen-bond donors (Lipinski definition) is 1. The molecule has 0 saturated heterocycles. The minimum Gasteiger partial charge on any atom is -0.385 e. The molecule has 0 spiro atoms. The third-order valence-electron chi connectivity index (χ3n) is 4.40. The fourth-order valence-electron chi connectivity index (χ4n) is 2.69. The number of hydrogen-bond acceptors (Lipinski definition) is 4. The Morgan fingerprint density at radius 2 is 2.05 bits per heavy atom. The van der Waals surface area contributed by atoms with E-state index < -0.39 is 5.54 Å². The predicted octanol–water partition coefficient (Wildman–Crippen LogP) is 1.44. The molecule has 1 aliphatic rings. The Balaban J connectivity index is 0.00000361. The Hall–Kier alpha value is -0.360. The highest BCUT2D eigenvalue weighted by Gasteiger charge is 2.63. The van der Waals surface area contributed by atoms with Crippen LogP contribution in [0.4, 0.5) is 0 Å². The molecule has 1 fully saturated rings. The molecule has 0 aromatic carbocycles. The van der Waals surface area contributed by atoms with Gasteiger partial charge in [-0.3, -0.25) is 4.79 Å².